The van der Waals surface area contributed by atoms with Crippen LogP contribution in [-0.4, -0.2) is 30.3 Å². The van der Waals surface area contributed by atoms with Crippen molar-refractivity contribution in [1.82, 2.24) is 5.16 Å². The molecule has 0 spiro atoms. The highest BCUT2D eigenvalue weighted by molar-refractivity contribution is 6.01. The minimum atomic E-state index is -0.370. The molecule has 0 fully saturated rings. The number of carbonyl (C=O) groups is 1. The molecule has 2 aromatic carbocycles. The van der Waals surface area contributed by atoms with Crippen molar-refractivity contribution in [1.29, 1.82) is 0 Å². The summed E-state index contributed by atoms with van der Waals surface area (Å²) in [6.45, 7) is 1.88. The second-order valence-corrected chi connectivity index (χ2v) is 8.16. The van der Waals surface area contributed by atoms with Crippen molar-refractivity contribution in [2.75, 3.05) is 19.5 Å². The molecular formula is C25H24N2O5. The fourth-order valence-corrected chi connectivity index (χ4v) is 4.90. The van der Waals surface area contributed by atoms with E-state index in [1.807, 2.05) is 37.3 Å². The molecule has 7 heteroatoms. The Morgan fingerprint density at radius 1 is 1.09 bits per heavy atom. The summed E-state index contributed by atoms with van der Waals surface area (Å²) in [6.07, 6.45) is 1.03. The SMILES string of the molecule is COc1cccc([C@H]2C3=C(C[C@@H](c4ccc(O)cc4)CC3=O)Nc3onc(C)c32)c1OC. The average molecular weight is 432 g/mol. The van der Waals surface area contributed by atoms with Crippen molar-refractivity contribution in [2.45, 2.75) is 31.6 Å². The molecule has 1 aliphatic carbocycles. The second kappa shape index (κ2) is 7.75. The number of nitrogens with one attached hydrogen (secondary N) is 1. The molecule has 0 saturated heterocycles. The van der Waals surface area contributed by atoms with Crippen LogP contribution in [0.5, 0.6) is 17.2 Å². The first-order chi connectivity index (χ1) is 15.5. The summed E-state index contributed by atoms with van der Waals surface area (Å²) in [6, 6.07) is 12.7. The van der Waals surface area contributed by atoms with Crippen molar-refractivity contribution < 1.29 is 23.9 Å². The molecule has 2 atom stereocenters. The molecule has 7 nitrogen and oxygen atoms in total. The Morgan fingerprint density at radius 3 is 2.59 bits per heavy atom. The zero-order valence-corrected chi connectivity index (χ0v) is 18.1. The van der Waals surface area contributed by atoms with Gasteiger partial charge in [-0.3, -0.25) is 4.79 Å². The van der Waals surface area contributed by atoms with Gasteiger partial charge in [-0.1, -0.05) is 29.4 Å². The fourth-order valence-electron chi connectivity index (χ4n) is 4.90. The van der Waals surface area contributed by atoms with Crippen LogP contribution in [0.3, 0.4) is 0 Å². The minimum absolute atomic E-state index is 0.00720. The van der Waals surface area contributed by atoms with Crippen molar-refractivity contribution in [3.05, 3.63) is 76.1 Å². The lowest BCUT2D eigenvalue weighted by Crippen LogP contribution is -2.29. The van der Waals surface area contributed by atoms with Crippen LogP contribution in [0.4, 0.5) is 5.88 Å². The van der Waals surface area contributed by atoms with E-state index in [2.05, 4.69) is 10.5 Å². The molecule has 3 aromatic rings. The number of nitrogens with zero attached hydrogens (tertiary/aromatic N) is 1. The third kappa shape index (κ3) is 3.12. The number of ether oxygens (including phenoxy) is 2. The van der Waals surface area contributed by atoms with Gasteiger partial charge in [0.25, 0.3) is 0 Å². The van der Waals surface area contributed by atoms with Crippen LogP contribution >= 0.6 is 0 Å². The second-order valence-electron chi connectivity index (χ2n) is 8.16. The Bertz CT molecular complexity index is 1230. The van der Waals surface area contributed by atoms with E-state index >= 15 is 0 Å². The first-order valence-corrected chi connectivity index (χ1v) is 10.5. The van der Waals surface area contributed by atoms with Crippen molar-refractivity contribution in [3.8, 4) is 17.2 Å². The van der Waals surface area contributed by atoms with E-state index in [-0.39, 0.29) is 23.4 Å². The van der Waals surface area contributed by atoms with Crippen molar-refractivity contribution in [2.24, 2.45) is 0 Å². The van der Waals surface area contributed by atoms with Crippen LogP contribution in [0.2, 0.25) is 0 Å². The van der Waals surface area contributed by atoms with Crippen LogP contribution in [0.15, 0.2) is 58.3 Å². The predicted molar refractivity (Wildman–Crippen MR) is 118 cm³/mol. The molecule has 2 heterocycles. The highest BCUT2D eigenvalue weighted by Gasteiger charge is 2.42. The highest BCUT2D eigenvalue weighted by atomic mass is 16.5. The molecule has 0 saturated carbocycles. The summed E-state index contributed by atoms with van der Waals surface area (Å²) in [5.41, 5.74) is 4.96. The summed E-state index contributed by atoms with van der Waals surface area (Å²) in [5, 5.41) is 17.1. The Hall–Kier alpha value is -3.74. The van der Waals surface area contributed by atoms with Gasteiger partial charge in [-0.15, -0.1) is 0 Å². The lowest BCUT2D eigenvalue weighted by atomic mass is 9.72. The number of para-hydroxylation sites is 1. The number of methoxy groups -OCH3 is 2. The summed E-state index contributed by atoms with van der Waals surface area (Å²) < 4.78 is 16.8. The molecule has 1 aliphatic heterocycles. The molecule has 5 rings (SSSR count). The number of anilines is 1. The summed E-state index contributed by atoms with van der Waals surface area (Å²) in [5.74, 6) is 1.66. The van der Waals surface area contributed by atoms with Gasteiger partial charge in [0, 0.05) is 23.3 Å². The van der Waals surface area contributed by atoms with E-state index < -0.39 is 0 Å². The Kier molecular flexibility index (Phi) is 4.89. The van der Waals surface area contributed by atoms with Crippen LogP contribution in [0.25, 0.3) is 0 Å². The molecule has 0 amide bonds. The van der Waals surface area contributed by atoms with Gasteiger partial charge in [0.1, 0.15) is 5.75 Å². The van der Waals surface area contributed by atoms with Gasteiger partial charge in [0.05, 0.1) is 31.4 Å². The summed E-state index contributed by atoms with van der Waals surface area (Å²) in [7, 11) is 3.20. The number of benzene rings is 2. The van der Waals surface area contributed by atoms with Gasteiger partial charge in [-0.05, 0) is 43.0 Å². The molecule has 32 heavy (non-hydrogen) atoms. The molecule has 0 bridgehead atoms. The fraction of sp³-hybridized carbons (Fsp3) is 0.280. The van der Waals surface area contributed by atoms with Gasteiger partial charge in [0.2, 0.25) is 5.88 Å². The molecular weight excluding hydrogens is 408 g/mol. The maximum absolute atomic E-state index is 13.6. The summed E-state index contributed by atoms with van der Waals surface area (Å²) >= 11 is 0. The number of fused-ring (bicyclic) bond motifs is 1. The van der Waals surface area contributed by atoms with E-state index in [9.17, 15) is 9.90 Å². The maximum Gasteiger partial charge on any atom is 0.233 e. The normalized spacial score (nSPS) is 19.8. The van der Waals surface area contributed by atoms with Crippen LogP contribution < -0.4 is 14.8 Å². The number of rotatable bonds is 4. The van der Waals surface area contributed by atoms with Crippen LogP contribution in [0, 0.1) is 6.92 Å². The number of hydrogen-bond donors (Lipinski definition) is 2. The topological polar surface area (TPSA) is 93.8 Å². The van der Waals surface area contributed by atoms with Gasteiger partial charge in [0.15, 0.2) is 17.3 Å². The third-order valence-electron chi connectivity index (χ3n) is 6.37. The smallest absolute Gasteiger partial charge is 0.233 e. The van der Waals surface area contributed by atoms with Gasteiger partial charge in [-0.25, -0.2) is 0 Å². The van der Waals surface area contributed by atoms with Crippen LogP contribution in [0.1, 0.15) is 47.1 Å². The highest BCUT2D eigenvalue weighted by Crippen LogP contribution is 2.51. The number of phenols is 1. The van der Waals surface area contributed by atoms with Crippen molar-refractivity contribution in [3.63, 3.8) is 0 Å². The Morgan fingerprint density at radius 2 is 1.88 bits per heavy atom. The first kappa shape index (κ1) is 20.2. The maximum atomic E-state index is 13.6. The van der Waals surface area contributed by atoms with E-state index in [4.69, 9.17) is 14.0 Å². The number of Topliss-reactive ketones (excluding diaryl/α,β-unsaturated/α-hetero) is 1. The molecule has 0 radical (unpaired) electrons. The van der Waals surface area contributed by atoms with E-state index in [0.717, 1.165) is 28.1 Å². The van der Waals surface area contributed by atoms with Gasteiger partial charge < -0.3 is 24.4 Å². The number of carbonyl (C=O) groups excluding carboxylic acids is 1. The lowest BCUT2D eigenvalue weighted by Gasteiger charge is -2.35. The van der Waals surface area contributed by atoms with Gasteiger partial charge >= 0.3 is 0 Å². The Labute approximate surface area is 185 Å². The predicted octanol–water partition coefficient (Wildman–Crippen LogP) is 4.66. The number of allylic oxidation sites excluding steroid dienone is 2. The zero-order valence-electron chi connectivity index (χ0n) is 18.1. The van der Waals surface area contributed by atoms with Gasteiger partial charge in [-0.2, -0.15) is 0 Å². The quantitative estimate of drug-likeness (QED) is 0.619. The zero-order chi connectivity index (χ0) is 22.4. The number of hydrogen-bond acceptors (Lipinski definition) is 7. The minimum Gasteiger partial charge on any atom is -0.508 e. The van der Waals surface area contributed by atoms with E-state index in [0.29, 0.717) is 35.8 Å². The standard InChI is InChI=1S/C25H24N2O5/c1-13-21-22(17-5-4-6-20(30-2)24(17)31-3)23-18(26-25(21)32-27-13)11-15(12-19(23)29)14-7-9-16(28)10-8-14/h4-10,15,22,26,28H,11-12H2,1-3H3/t15-,22-/m1/s1. The molecule has 164 valence electrons. The molecule has 0 unspecified atom stereocenters. The Balaban J connectivity index is 1.66. The number of aromatic hydroxyl groups is 1. The monoisotopic (exact) mass is 432 g/mol. The largest absolute Gasteiger partial charge is 0.508 e. The first-order valence-electron chi connectivity index (χ1n) is 10.5. The number of ketones is 1. The lowest BCUT2D eigenvalue weighted by molar-refractivity contribution is -0.116. The van der Waals surface area contributed by atoms with Crippen molar-refractivity contribution >= 4 is 11.7 Å². The molecule has 2 N–H and O–H groups in total. The average Bonchev–Trinajstić information content (AvgIpc) is 3.17. The summed E-state index contributed by atoms with van der Waals surface area (Å²) in [4.78, 5) is 13.6. The number of aromatic nitrogens is 1. The molecule has 1 aromatic heterocycles. The number of phenolic OH excluding ortho intramolecular Hbond substituents is 1. The van der Waals surface area contributed by atoms with E-state index in [1.54, 1.807) is 26.4 Å². The molecule has 2 aliphatic rings. The van der Waals surface area contributed by atoms with Crippen LogP contribution in [-0.2, 0) is 4.79 Å². The van der Waals surface area contributed by atoms with E-state index in [1.165, 1.54) is 0 Å². The number of aryl methyl sites for hydroxylation is 1. The third-order valence-corrected chi connectivity index (χ3v) is 6.37.